The molecule has 1 fully saturated rings. The van der Waals surface area contributed by atoms with Crippen LogP contribution in [0.4, 0.5) is 4.79 Å². The molecular formula is C8H13BrO3. The minimum Gasteiger partial charge on any atom is -0.450 e. The Labute approximate surface area is 80.2 Å². The van der Waals surface area contributed by atoms with Gasteiger partial charge in [0.05, 0.1) is 0 Å². The fourth-order valence-electron chi connectivity index (χ4n) is 1.45. The monoisotopic (exact) mass is 236 g/mol. The van der Waals surface area contributed by atoms with E-state index in [1.165, 1.54) is 6.42 Å². The zero-order valence-electron chi connectivity index (χ0n) is 7.00. The molecule has 0 aromatic heterocycles. The van der Waals surface area contributed by atoms with E-state index in [1.807, 2.05) is 6.92 Å². The molecule has 2 unspecified atom stereocenters. The van der Waals surface area contributed by atoms with E-state index in [0.717, 1.165) is 12.8 Å². The zero-order chi connectivity index (χ0) is 9.14. The van der Waals surface area contributed by atoms with Crippen LogP contribution in [0.15, 0.2) is 0 Å². The first-order valence-electron chi connectivity index (χ1n) is 4.15. The number of halogens is 1. The third-order valence-corrected chi connectivity index (χ3v) is 2.83. The molecule has 0 bridgehead atoms. The number of ether oxygens (including phenoxy) is 1. The number of hydrogen-bond acceptors (Lipinski definition) is 2. The Kier molecular flexibility index (Phi) is 3.38. The molecule has 0 amide bonds. The van der Waals surface area contributed by atoms with Crippen LogP contribution in [0.1, 0.15) is 26.2 Å². The molecule has 1 saturated carbocycles. The average Bonchev–Trinajstić information content (AvgIpc) is 1.80. The summed E-state index contributed by atoms with van der Waals surface area (Å²) in [7, 11) is 0. The van der Waals surface area contributed by atoms with E-state index < -0.39 is 6.16 Å². The van der Waals surface area contributed by atoms with Gasteiger partial charge in [0.2, 0.25) is 0 Å². The molecule has 1 N–H and O–H groups in total. The van der Waals surface area contributed by atoms with Gasteiger partial charge < -0.3 is 9.84 Å². The van der Waals surface area contributed by atoms with Crippen molar-refractivity contribution in [2.24, 2.45) is 5.92 Å². The summed E-state index contributed by atoms with van der Waals surface area (Å²) in [5, 5.41) is 8.46. The molecule has 70 valence electrons. The second-order valence-electron chi connectivity index (χ2n) is 3.22. The molecule has 1 rings (SSSR count). The molecule has 12 heavy (non-hydrogen) atoms. The van der Waals surface area contributed by atoms with Gasteiger partial charge in [-0.15, -0.1) is 0 Å². The highest BCUT2D eigenvalue weighted by molar-refractivity contribution is 9.09. The van der Waals surface area contributed by atoms with E-state index in [1.54, 1.807) is 0 Å². The van der Waals surface area contributed by atoms with Crippen molar-refractivity contribution in [3.63, 3.8) is 0 Å². The van der Waals surface area contributed by atoms with Crippen LogP contribution in [0.3, 0.4) is 0 Å². The Bertz CT molecular complexity index is 166. The first kappa shape index (κ1) is 9.84. The smallest absolute Gasteiger partial charge is 0.450 e. The highest BCUT2D eigenvalue weighted by Gasteiger charge is 2.33. The van der Waals surface area contributed by atoms with Gasteiger partial charge in [-0.2, -0.15) is 0 Å². The van der Waals surface area contributed by atoms with Crippen molar-refractivity contribution in [2.45, 2.75) is 37.1 Å². The van der Waals surface area contributed by atoms with Crippen molar-refractivity contribution in [1.29, 1.82) is 0 Å². The van der Waals surface area contributed by atoms with E-state index >= 15 is 0 Å². The maximum absolute atomic E-state index is 10.3. The third kappa shape index (κ3) is 2.37. The molecule has 1 aliphatic rings. The lowest BCUT2D eigenvalue weighted by Gasteiger charge is -2.33. The van der Waals surface area contributed by atoms with Crippen LogP contribution >= 0.6 is 15.9 Å². The van der Waals surface area contributed by atoms with Crippen LogP contribution in [0.25, 0.3) is 0 Å². The fourth-order valence-corrected chi connectivity index (χ4v) is 1.99. The fraction of sp³-hybridized carbons (Fsp3) is 0.875. The van der Waals surface area contributed by atoms with Crippen molar-refractivity contribution in [3.05, 3.63) is 0 Å². The van der Waals surface area contributed by atoms with E-state index in [9.17, 15) is 4.79 Å². The standard InChI is InChI=1S/C8H13BrO3/c1-5(9)7(12-8(10)11)6-3-2-4-6/h5-7H,2-4H2,1H3,(H,10,11). The van der Waals surface area contributed by atoms with Crippen LogP contribution in [0.5, 0.6) is 0 Å². The lowest BCUT2D eigenvalue weighted by molar-refractivity contribution is 0.00585. The highest BCUT2D eigenvalue weighted by atomic mass is 79.9. The molecule has 0 aliphatic heterocycles. The maximum Gasteiger partial charge on any atom is 0.506 e. The van der Waals surface area contributed by atoms with Crippen LogP contribution in [0, 0.1) is 5.92 Å². The number of carboxylic acid groups (broad SMARTS) is 1. The number of hydrogen-bond donors (Lipinski definition) is 1. The lowest BCUT2D eigenvalue weighted by atomic mass is 9.80. The Morgan fingerprint density at radius 3 is 2.50 bits per heavy atom. The first-order chi connectivity index (χ1) is 5.61. The van der Waals surface area contributed by atoms with Gasteiger partial charge in [-0.1, -0.05) is 22.4 Å². The summed E-state index contributed by atoms with van der Waals surface area (Å²) in [6, 6.07) is 0. The van der Waals surface area contributed by atoms with E-state index in [-0.39, 0.29) is 10.9 Å². The predicted molar refractivity (Wildman–Crippen MR) is 48.6 cm³/mol. The maximum atomic E-state index is 10.3. The summed E-state index contributed by atoms with van der Waals surface area (Å²) in [6.07, 6.45) is 2.04. The first-order valence-corrected chi connectivity index (χ1v) is 5.06. The Balaban J connectivity index is 2.42. The minimum absolute atomic E-state index is 0.110. The summed E-state index contributed by atoms with van der Waals surface area (Å²) in [4.78, 5) is 10.4. The average molecular weight is 237 g/mol. The third-order valence-electron chi connectivity index (χ3n) is 2.30. The number of alkyl halides is 1. The normalized spacial score (nSPS) is 22.5. The molecule has 0 aromatic rings. The quantitative estimate of drug-likeness (QED) is 0.606. The highest BCUT2D eigenvalue weighted by Crippen LogP contribution is 2.34. The molecule has 0 heterocycles. The predicted octanol–water partition coefficient (Wildman–Crippen LogP) is 2.63. The second-order valence-corrected chi connectivity index (χ2v) is 4.66. The van der Waals surface area contributed by atoms with Crippen molar-refractivity contribution in [3.8, 4) is 0 Å². The molecule has 4 heteroatoms. The van der Waals surface area contributed by atoms with Gasteiger partial charge in [-0.05, 0) is 25.7 Å². The summed E-state index contributed by atoms with van der Waals surface area (Å²) < 4.78 is 4.79. The molecule has 0 radical (unpaired) electrons. The van der Waals surface area contributed by atoms with Crippen LogP contribution < -0.4 is 0 Å². The molecule has 0 saturated heterocycles. The molecule has 0 aromatic carbocycles. The van der Waals surface area contributed by atoms with Gasteiger partial charge in [0.25, 0.3) is 0 Å². The van der Waals surface area contributed by atoms with Crippen LogP contribution in [0.2, 0.25) is 0 Å². The van der Waals surface area contributed by atoms with Gasteiger partial charge in [0, 0.05) is 4.83 Å². The SMILES string of the molecule is CC(Br)C(OC(=O)O)C1CCC1. The molecular weight excluding hydrogens is 224 g/mol. The Hall–Kier alpha value is -0.250. The second kappa shape index (κ2) is 4.12. The van der Waals surface area contributed by atoms with Gasteiger partial charge >= 0.3 is 6.16 Å². The summed E-state index contributed by atoms with van der Waals surface area (Å²) in [5.41, 5.74) is 0. The van der Waals surface area contributed by atoms with Crippen molar-refractivity contribution >= 4 is 22.1 Å². The number of rotatable bonds is 3. The van der Waals surface area contributed by atoms with Gasteiger partial charge in [0.1, 0.15) is 6.10 Å². The van der Waals surface area contributed by atoms with E-state index in [0.29, 0.717) is 5.92 Å². The van der Waals surface area contributed by atoms with Crippen LogP contribution in [-0.2, 0) is 4.74 Å². The molecule has 2 atom stereocenters. The van der Waals surface area contributed by atoms with Gasteiger partial charge in [-0.25, -0.2) is 4.79 Å². The van der Waals surface area contributed by atoms with E-state index in [4.69, 9.17) is 9.84 Å². The molecule has 1 aliphatic carbocycles. The Morgan fingerprint density at radius 2 is 2.25 bits per heavy atom. The molecule has 3 nitrogen and oxygen atoms in total. The van der Waals surface area contributed by atoms with Gasteiger partial charge in [-0.3, -0.25) is 0 Å². The largest absolute Gasteiger partial charge is 0.506 e. The summed E-state index contributed by atoms with van der Waals surface area (Å²) in [5.74, 6) is 0.426. The van der Waals surface area contributed by atoms with Gasteiger partial charge in [0.15, 0.2) is 0 Å². The zero-order valence-corrected chi connectivity index (χ0v) is 8.58. The van der Waals surface area contributed by atoms with Crippen LogP contribution in [-0.4, -0.2) is 22.2 Å². The Morgan fingerprint density at radius 1 is 1.67 bits per heavy atom. The van der Waals surface area contributed by atoms with Crippen molar-refractivity contribution in [2.75, 3.05) is 0 Å². The number of carbonyl (C=O) groups is 1. The van der Waals surface area contributed by atoms with Crippen molar-refractivity contribution in [1.82, 2.24) is 0 Å². The van der Waals surface area contributed by atoms with Crippen molar-refractivity contribution < 1.29 is 14.6 Å². The topological polar surface area (TPSA) is 46.5 Å². The van der Waals surface area contributed by atoms with E-state index in [2.05, 4.69) is 15.9 Å². The lowest BCUT2D eigenvalue weighted by Crippen LogP contribution is -2.36. The summed E-state index contributed by atoms with van der Waals surface area (Å²) in [6.45, 7) is 1.92. The molecule has 0 spiro atoms. The minimum atomic E-state index is -1.17. The summed E-state index contributed by atoms with van der Waals surface area (Å²) >= 11 is 3.36.